The van der Waals surface area contributed by atoms with Crippen molar-refractivity contribution in [2.45, 2.75) is 13.8 Å². The number of carbonyl (C=O) groups excluding carboxylic acids is 1. The number of ether oxygens (including phenoxy) is 1. The first kappa shape index (κ1) is 16.9. The van der Waals surface area contributed by atoms with Crippen molar-refractivity contribution in [1.82, 2.24) is 14.9 Å². The Labute approximate surface area is 155 Å². The Morgan fingerprint density at radius 3 is 2.54 bits per heavy atom. The molecule has 134 valence electrons. The van der Waals surface area contributed by atoms with Crippen LogP contribution in [0, 0.1) is 13.8 Å². The van der Waals surface area contributed by atoms with E-state index in [0.717, 1.165) is 21.3 Å². The number of nitrogens with two attached hydrogens (primary N) is 1. The van der Waals surface area contributed by atoms with Crippen molar-refractivity contribution in [3.8, 4) is 11.4 Å². The highest BCUT2D eigenvalue weighted by atomic mass is 32.1. The Balaban J connectivity index is 1.64. The minimum Gasteiger partial charge on any atom is -0.383 e. The molecule has 1 amide bonds. The third-order valence-electron chi connectivity index (χ3n) is 4.75. The summed E-state index contributed by atoms with van der Waals surface area (Å²) in [5.74, 6) is 1.11. The number of aromatic nitrogens is 2. The van der Waals surface area contributed by atoms with Crippen LogP contribution in [-0.4, -0.2) is 47.1 Å². The zero-order valence-electron chi connectivity index (χ0n) is 14.8. The number of nitrogens with zero attached hydrogens (tertiary/aromatic N) is 3. The van der Waals surface area contributed by atoms with Crippen LogP contribution in [0.3, 0.4) is 0 Å². The van der Waals surface area contributed by atoms with E-state index in [2.05, 4.69) is 16.9 Å². The number of amides is 1. The third kappa shape index (κ3) is 2.93. The van der Waals surface area contributed by atoms with E-state index in [1.807, 2.05) is 36.1 Å². The molecular weight excluding hydrogens is 348 g/mol. The van der Waals surface area contributed by atoms with Gasteiger partial charge in [-0.1, -0.05) is 12.1 Å². The molecule has 0 spiro atoms. The summed E-state index contributed by atoms with van der Waals surface area (Å²) >= 11 is 1.62. The number of morpholine rings is 1. The molecule has 0 atom stereocenters. The summed E-state index contributed by atoms with van der Waals surface area (Å²) < 4.78 is 5.30. The average Bonchev–Trinajstić information content (AvgIpc) is 2.96. The number of rotatable bonds is 2. The minimum atomic E-state index is 0.0280. The fourth-order valence-corrected chi connectivity index (χ4v) is 4.16. The Hall–Kier alpha value is -2.51. The first-order valence-corrected chi connectivity index (χ1v) is 9.37. The van der Waals surface area contributed by atoms with Gasteiger partial charge in [-0.25, -0.2) is 9.97 Å². The van der Waals surface area contributed by atoms with Gasteiger partial charge in [0, 0.05) is 29.1 Å². The number of anilines is 1. The second-order valence-electron chi connectivity index (χ2n) is 6.38. The summed E-state index contributed by atoms with van der Waals surface area (Å²) in [5, 5.41) is 0.940. The lowest BCUT2D eigenvalue weighted by Gasteiger charge is -2.26. The third-order valence-corrected chi connectivity index (χ3v) is 5.85. The number of carbonyl (C=O) groups is 1. The van der Waals surface area contributed by atoms with Gasteiger partial charge in [0.25, 0.3) is 5.91 Å². The smallest absolute Gasteiger partial charge is 0.254 e. The van der Waals surface area contributed by atoms with Crippen LogP contribution in [0.25, 0.3) is 21.6 Å². The maximum Gasteiger partial charge on any atom is 0.254 e. The lowest BCUT2D eigenvalue weighted by Crippen LogP contribution is -2.40. The van der Waals surface area contributed by atoms with Crippen LogP contribution in [0.4, 0.5) is 5.82 Å². The SMILES string of the molecule is Cc1sc2nc(-c3ccc(C(=O)N4CCOCC4)cc3)nc(N)c2c1C. The maximum absolute atomic E-state index is 12.5. The predicted molar refractivity (Wildman–Crippen MR) is 103 cm³/mol. The Morgan fingerprint density at radius 1 is 1.15 bits per heavy atom. The molecule has 0 unspecified atom stereocenters. The van der Waals surface area contributed by atoms with Gasteiger partial charge in [0.1, 0.15) is 10.6 Å². The highest BCUT2D eigenvalue weighted by Crippen LogP contribution is 2.33. The molecule has 2 aromatic heterocycles. The van der Waals surface area contributed by atoms with E-state index in [9.17, 15) is 4.79 Å². The van der Waals surface area contributed by atoms with Gasteiger partial charge in [0.05, 0.1) is 18.6 Å². The summed E-state index contributed by atoms with van der Waals surface area (Å²) in [6.45, 7) is 6.56. The van der Waals surface area contributed by atoms with E-state index in [1.165, 1.54) is 4.88 Å². The molecule has 1 saturated heterocycles. The molecule has 3 heterocycles. The number of fused-ring (bicyclic) bond motifs is 1. The van der Waals surface area contributed by atoms with Crippen molar-refractivity contribution >= 4 is 33.3 Å². The van der Waals surface area contributed by atoms with Crippen molar-refractivity contribution in [3.63, 3.8) is 0 Å². The highest BCUT2D eigenvalue weighted by molar-refractivity contribution is 7.18. The molecule has 1 aromatic carbocycles. The fraction of sp³-hybridized carbons (Fsp3) is 0.316. The van der Waals surface area contributed by atoms with E-state index < -0.39 is 0 Å². The predicted octanol–water partition coefficient (Wildman–Crippen LogP) is 3.03. The molecule has 0 radical (unpaired) electrons. The van der Waals surface area contributed by atoms with Crippen LogP contribution in [0.5, 0.6) is 0 Å². The molecule has 0 saturated carbocycles. The van der Waals surface area contributed by atoms with E-state index in [1.54, 1.807) is 11.3 Å². The number of benzene rings is 1. The molecule has 26 heavy (non-hydrogen) atoms. The molecule has 2 N–H and O–H groups in total. The largest absolute Gasteiger partial charge is 0.383 e. The summed E-state index contributed by atoms with van der Waals surface area (Å²) in [4.78, 5) is 25.6. The molecule has 6 nitrogen and oxygen atoms in total. The van der Waals surface area contributed by atoms with Gasteiger partial charge in [0.15, 0.2) is 5.82 Å². The lowest BCUT2D eigenvalue weighted by atomic mass is 10.1. The van der Waals surface area contributed by atoms with E-state index in [4.69, 9.17) is 10.5 Å². The van der Waals surface area contributed by atoms with Crippen LogP contribution in [0.15, 0.2) is 24.3 Å². The Bertz CT molecular complexity index is 975. The normalized spacial score (nSPS) is 14.8. The van der Waals surface area contributed by atoms with Gasteiger partial charge in [-0.15, -0.1) is 11.3 Å². The van der Waals surface area contributed by atoms with Gasteiger partial charge in [-0.3, -0.25) is 4.79 Å². The van der Waals surface area contributed by atoms with Gasteiger partial charge >= 0.3 is 0 Å². The monoisotopic (exact) mass is 368 g/mol. The first-order valence-electron chi connectivity index (χ1n) is 8.55. The second kappa shape index (κ2) is 6.66. The molecule has 1 aliphatic rings. The molecular formula is C19H20N4O2S. The van der Waals surface area contributed by atoms with Crippen LogP contribution in [-0.2, 0) is 4.74 Å². The van der Waals surface area contributed by atoms with E-state index in [0.29, 0.717) is 43.5 Å². The summed E-state index contributed by atoms with van der Waals surface area (Å²) in [6.07, 6.45) is 0. The van der Waals surface area contributed by atoms with Gasteiger partial charge < -0.3 is 15.4 Å². The fourth-order valence-electron chi connectivity index (χ4n) is 3.12. The zero-order chi connectivity index (χ0) is 18.3. The van der Waals surface area contributed by atoms with Crippen molar-refractivity contribution < 1.29 is 9.53 Å². The molecule has 1 fully saturated rings. The first-order chi connectivity index (χ1) is 12.5. The van der Waals surface area contributed by atoms with Gasteiger partial charge in [-0.2, -0.15) is 0 Å². The Morgan fingerprint density at radius 2 is 1.85 bits per heavy atom. The summed E-state index contributed by atoms with van der Waals surface area (Å²) in [7, 11) is 0. The molecule has 3 aromatic rings. The maximum atomic E-state index is 12.5. The van der Waals surface area contributed by atoms with E-state index in [-0.39, 0.29) is 5.91 Å². The number of hydrogen-bond acceptors (Lipinski definition) is 6. The lowest BCUT2D eigenvalue weighted by molar-refractivity contribution is 0.0303. The highest BCUT2D eigenvalue weighted by Gasteiger charge is 2.19. The van der Waals surface area contributed by atoms with Crippen LogP contribution in [0.1, 0.15) is 20.8 Å². The van der Waals surface area contributed by atoms with Crippen molar-refractivity contribution in [2.75, 3.05) is 32.0 Å². The average molecular weight is 368 g/mol. The number of nitrogen functional groups attached to an aromatic ring is 1. The summed E-state index contributed by atoms with van der Waals surface area (Å²) in [5.41, 5.74) is 8.81. The molecule has 4 rings (SSSR count). The standard InChI is InChI=1S/C19H20N4O2S/c1-11-12(2)26-18-15(11)16(20)21-17(22-18)13-3-5-14(6-4-13)19(24)23-7-9-25-10-8-23/h3-6H,7-10H2,1-2H3,(H2,20,21,22). The second-order valence-corrected chi connectivity index (χ2v) is 7.58. The molecule has 7 heteroatoms. The van der Waals surface area contributed by atoms with Gasteiger partial charge in [-0.05, 0) is 31.5 Å². The van der Waals surface area contributed by atoms with Crippen LogP contribution in [0.2, 0.25) is 0 Å². The van der Waals surface area contributed by atoms with Gasteiger partial charge in [0.2, 0.25) is 0 Å². The molecule has 1 aliphatic heterocycles. The van der Waals surface area contributed by atoms with Crippen molar-refractivity contribution in [2.24, 2.45) is 0 Å². The zero-order valence-corrected chi connectivity index (χ0v) is 15.6. The number of thiophene rings is 1. The molecule has 0 bridgehead atoms. The van der Waals surface area contributed by atoms with Crippen LogP contribution >= 0.6 is 11.3 Å². The minimum absolute atomic E-state index is 0.0280. The number of hydrogen-bond donors (Lipinski definition) is 1. The number of aryl methyl sites for hydroxylation is 2. The topological polar surface area (TPSA) is 81.3 Å². The quantitative estimate of drug-likeness (QED) is 0.752. The van der Waals surface area contributed by atoms with E-state index >= 15 is 0 Å². The van der Waals surface area contributed by atoms with Crippen LogP contribution < -0.4 is 5.73 Å². The van der Waals surface area contributed by atoms with Crippen molar-refractivity contribution in [3.05, 3.63) is 40.3 Å². The Kier molecular flexibility index (Phi) is 4.34. The van der Waals surface area contributed by atoms with Crippen molar-refractivity contribution in [1.29, 1.82) is 0 Å². The summed E-state index contributed by atoms with van der Waals surface area (Å²) in [6, 6.07) is 7.40. The molecule has 0 aliphatic carbocycles.